The molecule has 0 unspecified atom stereocenters. The molecule has 0 spiro atoms. The van der Waals surface area contributed by atoms with Crippen LogP contribution in [0.2, 0.25) is 0 Å². The Kier molecular flexibility index (Phi) is 3.29. The molecule has 2 rings (SSSR count). The highest BCUT2D eigenvalue weighted by molar-refractivity contribution is 6.44. The number of likely N-dealkylation sites (N-methyl/N-ethyl adjacent to an activating group) is 1. The third-order valence-electron chi connectivity index (χ3n) is 2.92. The van der Waals surface area contributed by atoms with Crippen LogP contribution in [0.15, 0.2) is 24.3 Å². The van der Waals surface area contributed by atoms with Crippen LogP contribution in [0, 0.1) is 11.3 Å². The first kappa shape index (κ1) is 12.8. The Labute approximate surface area is 109 Å². The topological polar surface area (TPSA) is 81.5 Å². The highest BCUT2D eigenvalue weighted by atomic mass is 16.2. The molecule has 0 radical (unpaired) electrons. The van der Waals surface area contributed by atoms with Crippen molar-refractivity contribution < 1.29 is 14.4 Å². The molecule has 0 N–H and O–H groups in total. The van der Waals surface area contributed by atoms with Crippen molar-refractivity contribution >= 4 is 17.8 Å². The molecule has 0 atom stereocenters. The molecule has 1 heterocycles. The second-order valence-electron chi connectivity index (χ2n) is 3.99. The van der Waals surface area contributed by atoms with Gasteiger partial charge >= 0.3 is 17.8 Å². The first-order chi connectivity index (χ1) is 9.10. The number of hydrogen-bond donors (Lipinski definition) is 0. The summed E-state index contributed by atoms with van der Waals surface area (Å²) in [6.45, 7) is 1.71. The lowest BCUT2D eigenvalue weighted by Crippen LogP contribution is -2.33. The molecule has 19 heavy (non-hydrogen) atoms. The highest BCUT2D eigenvalue weighted by Crippen LogP contribution is 2.17. The summed E-state index contributed by atoms with van der Waals surface area (Å²) in [5.41, 5.74) is 0.919. The van der Waals surface area contributed by atoms with E-state index in [1.807, 2.05) is 6.07 Å². The Morgan fingerprint density at radius 1 is 1.11 bits per heavy atom. The van der Waals surface area contributed by atoms with Crippen molar-refractivity contribution in [2.24, 2.45) is 0 Å². The van der Waals surface area contributed by atoms with Crippen LogP contribution in [0.3, 0.4) is 0 Å². The molecule has 1 saturated heterocycles. The van der Waals surface area contributed by atoms with Crippen LogP contribution in [-0.4, -0.2) is 34.2 Å². The summed E-state index contributed by atoms with van der Waals surface area (Å²) >= 11 is 0. The number of nitrogens with zero attached hydrogens (tertiary/aromatic N) is 3. The average molecular weight is 257 g/mol. The Hall–Kier alpha value is -2.68. The van der Waals surface area contributed by atoms with Crippen molar-refractivity contribution in [2.75, 3.05) is 6.54 Å². The third-order valence-corrected chi connectivity index (χ3v) is 2.92. The van der Waals surface area contributed by atoms with Crippen molar-refractivity contribution in [3.8, 4) is 6.07 Å². The van der Waals surface area contributed by atoms with E-state index < -0.39 is 17.8 Å². The largest absolute Gasteiger partial charge is 0.334 e. The van der Waals surface area contributed by atoms with Gasteiger partial charge in [-0.15, -0.1) is 0 Å². The third kappa shape index (κ3) is 2.06. The molecule has 6 heteroatoms. The van der Waals surface area contributed by atoms with E-state index in [9.17, 15) is 14.4 Å². The number of hydrogen-bond acceptors (Lipinski definition) is 4. The van der Waals surface area contributed by atoms with Crippen molar-refractivity contribution in [1.29, 1.82) is 5.26 Å². The van der Waals surface area contributed by atoms with E-state index in [0.717, 1.165) is 9.80 Å². The molecule has 0 saturated carbocycles. The fourth-order valence-electron chi connectivity index (χ4n) is 1.91. The van der Waals surface area contributed by atoms with Crippen LogP contribution >= 0.6 is 0 Å². The van der Waals surface area contributed by atoms with E-state index in [4.69, 9.17) is 5.26 Å². The summed E-state index contributed by atoms with van der Waals surface area (Å²) in [5.74, 6) is -1.67. The predicted octanol–water partition coefficient (Wildman–Crippen LogP) is 0.869. The second-order valence-corrected chi connectivity index (χ2v) is 3.99. The monoisotopic (exact) mass is 257 g/mol. The first-order valence-corrected chi connectivity index (χ1v) is 5.75. The summed E-state index contributed by atoms with van der Waals surface area (Å²) in [6, 6.07) is 8.00. The Morgan fingerprint density at radius 3 is 2.32 bits per heavy atom. The molecule has 1 fully saturated rings. The summed E-state index contributed by atoms with van der Waals surface area (Å²) in [6.07, 6.45) is 0. The van der Waals surface area contributed by atoms with Crippen molar-refractivity contribution in [3.05, 3.63) is 35.4 Å². The number of rotatable bonds is 3. The molecule has 1 aliphatic heterocycles. The zero-order chi connectivity index (χ0) is 14.0. The van der Waals surface area contributed by atoms with Gasteiger partial charge in [0.25, 0.3) is 0 Å². The Balaban J connectivity index is 2.29. The quantitative estimate of drug-likeness (QED) is 0.594. The zero-order valence-corrected chi connectivity index (χ0v) is 10.3. The van der Waals surface area contributed by atoms with Crippen molar-refractivity contribution in [2.45, 2.75) is 13.5 Å². The van der Waals surface area contributed by atoms with Crippen LogP contribution in [0.25, 0.3) is 0 Å². The van der Waals surface area contributed by atoms with Crippen LogP contribution in [0.5, 0.6) is 0 Å². The number of nitriles is 1. The number of urea groups is 1. The predicted molar refractivity (Wildman–Crippen MR) is 64.5 cm³/mol. The van der Waals surface area contributed by atoms with Gasteiger partial charge in [-0.1, -0.05) is 18.2 Å². The SMILES string of the molecule is CCN1C(=O)C(=O)N(Cc2ccccc2C#N)C1=O. The normalized spacial score (nSPS) is 15.1. The van der Waals surface area contributed by atoms with Crippen molar-refractivity contribution in [3.63, 3.8) is 0 Å². The van der Waals surface area contributed by atoms with Gasteiger partial charge in [-0.3, -0.25) is 19.4 Å². The molecule has 1 aromatic rings. The number of carbonyl (C=O) groups is 3. The number of imide groups is 2. The molecule has 1 aromatic carbocycles. The minimum Gasteiger partial charge on any atom is -0.263 e. The Morgan fingerprint density at radius 2 is 1.74 bits per heavy atom. The van der Waals surface area contributed by atoms with Crippen LogP contribution < -0.4 is 0 Å². The van der Waals surface area contributed by atoms with Gasteiger partial charge in [-0.2, -0.15) is 5.26 Å². The van der Waals surface area contributed by atoms with Gasteiger partial charge in [0.05, 0.1) is 18.2 Å². The van der Waals surface area contributed by atoms with E-state index >= 15 is 0 Å². The molecule has 6 nitrogen and oxygen atoms in total. The van der Waals surface area contributed by atoms with Crippen LogP contribution in [-0.2, 0) is 16.1 Å². The summed E-state index contributed by atoms with van der Waals surface area (Å²) < 4.78 is 0. The minimum atomic E-state index is -0.848. The number of carbonyl (C=O) groups excluding carboxylic acids is 3. The molecule has 96 valence electrons. The fourth-order valence-corrected chi connectivity index (χ4v) is 1.91. The van der Waals surface area contributed by atoms with E-state index in [0.29, 0.717) is 11.1 Å². The fraction of sp³-hybridized carbons (Fsp3) is 0.231. The minimum absolute atomic E-state index is 0.0658. The van der Waals surface area contributed by atoms with Gasteiger partial charge in [-0.25, -0.2) is 4.79 Å². The maximum atomic E-state index is 11.9. The maximum absolute atomic E-state index is 11.9. The smallest absolute Gasteiger partial charge is 0.263 e. The molecular formula is C13H11N3O3. The zero-order valence-electron chi connectivity index (χ0n) is 10.3. The van der Waals surface area contributed by atoms with Gasteiger partial charge in [0.2, 0.25) is 0 Å². The molecule has 4 amide bonds. The maximum Gasteiger partial charge on any atom is 0.334 e. The highest BCUT2D eigenvalue weighted by Gasteiger charge is 2.43. The standard InChI is InChI=1S/C13H11N3O3/c1-2-15-11(17)12(18)16(13(15)19)8-10-6-4-3-5-9(10)7-14/h3-6H,2,8H2,1H3. The van der Waals surface area contributed by atoms with Crippen LogP contribution in [0.1, 0.15) is 18.1 Å². The Bertz CT molecular complexity index is 603. The van der Waals surface area contributed by atoms with Gasteiger partial charge < -0.3 is 0 Å². The van der Waals surface area contributed by atoms with Crippen LogP contribution in [0.4, 0.5) is 4.79 Å². The van der Waals surface area contributed by atoms with Gasteiger partial charge in [0, 0.05) is 6.54 Å². The van der Waals surface area contributed by atoms with E-state index in [2.05, 4.69) is 0 Å². The number of amides is 4. The van der Waals surface area contributed by atoms with Gasteiger partial charge in [0.15, 0.2) is 0 Å². The summed E-state index contributed by atoms with van der Waals surface area (Å²) in [7, 11) is 0. The average Bonchev–Trinajstić information content (AvgIpc) is 2.63. The molecule has 0 aromatic heterocycles. The molecular weight excluding hydrogens is 246 g/mol. The van der Waals surface area contributed by atoms with Gasteiger partial charge in [0.1, 0.15) is 0 Å². The van der Waals surface area contributed by atoms with Gasteiger partial charge in [-0.05, 0) is 18.6 Å². The lowest BCUT2D eigenvalue weighted by molar-refractivity contribution is -0.143. The molecule has 1 aliphatic rings. The molecule has 0 bridgehead atoms. The van der Waals surface area contributed by atoms with E-state index in [1.165, 1.54) is 0 Å². The second kappa shape index (κ2) is 4.90. The summed E-state index contributed by atoms with van der Waals surface area (Å²) in [4.78, 5) is 36.9. The first-order valence-electron chi connectivity index (χ1n) is 5.75. The van der Waals surface area contributed by atoms with Crippen molar-refractivity contribution in [1.82, 2.24) is 9.80 Å². The lowest BCUT2D eigenvalue weighted by Gasteiger charge is -2.14. The number of benzene rings is 1. The summed E-state index contributed by atoms with van der Waals surface area (Å²) in [5, 5.41) is 8.96. The van der Waals surface area contributed by atoms with E-state index in [-0.39, 0.29) is 13.1 Å². The molecule has 0 aliphatic carbocycles. The van der Waals surface area contributed by atoms with E-state index in [1.54, 1.807) is 31.2 Å². The lowest BCUT2D eigenvalue weighted by atomic mass is 10.1.